The van der Waals surface area contributed by atoms with Crippen molar-refractivity contribution in [2.24, 2.45) is 5.92 Å². The van der Waals surface area contributed by atoms with Gasteiger partial charge in [-0.25, -0.2) is 13.1 Å². The SMILES string of the molecule is COc1cc2c(c(OC)c1OC)[C@@]1(c3ccccc3)CCCC[C@H]1[C@@H]2NS(=O)(=O)C(C)C. The number of fused-ring (bicyclic) bond motifs is 3. The molecule has 1 fully saturated rings. The standard InChI is InChI=1S/C25H33NO5S/c1-16(2)32(27,28)26-22-18-15-20(29-3)23(30-4)24(31-5)21(18)25(14-10-9-13-19(22)25)17-11-7-6-8-12-17/h6-8,11-12,15-16,19,22,26H,9-10,13-14H2,1-5H3/t19-,22+,25+/m0/s1. The predicted molar refractivity (Wildman–Crippen MR) is 125 cm³/mol. The smallest absolute Gasteiger partial charge is 0.214 e. The first-order chi connectivity index (χ1) is 15.3. The Balaban J connectivity index is 2.06. The molecule has 0 bridgehead atoms. The van der Waals surface area contributed by atoms with E-state index < -0.39 is 15.3 Å². The highest BCUT2D eigenvalue weighted by Gasteiger charge is 2.57. The van der Waals surface area contributed by atoms with Crippen molar-refractivity contribution in [3.05, 3.63) is 53.1 Å². The predicted octanol–water partition coefficient (Wildman–Crippen LogP) is 4.57. The first-order valence-electron chi connectivity index (χ1n) is 11.2. The van der Waals surface area contributed by atoms with E-state index >= 15 is 0 Å². The van der Waals surface area contributed by atoms with Gasteiger partial charge in [-0.05, 0) is 49.8 Å². The molecule has 0 unspecified atom stereocenters. The fraction of sp³-hybridized carbons (Fsp3) is 0.520. The molecule has 1 saturated carbocycles. The minimum Gasteiger partial charge on any atom is -0.493 e. The summed E-state index contributed by atoms with van der Waals surface area (Å²) in [5, 5.41) is -0.525. The number of rotatable bonds is 7. The summed E-state index contributed by atoms with van der Waals surface area (Å²) in [5.74, 6) is 1.77. The van der Waals surface area contributed by atoms with Crippen LogP contribution in [-0.2, 0) is 15.4 Å². The number of hydrogen-bond acceptors (Lipinski definition) is 5. The van der Waals surface area contributed by atoms with E-state index in [1.165, 1.54) is 5.56 Å². The van der Waals surface area contributed by atoms with Crippen molar-refractivity contribution in [1.82, 2.24) is 4.72 Å². The molecular formula is C25H33NO5S. The van der Waals surface area contributed by atoms with E-state index in [9.17, 15) is 8.42 Å². The van der Waals surface area contributed by atoms with E-state index in [4.69, 9.17) is 14.2 Å². The van der Waals surface area contributed by atoms with Gasteiger partial charge < -0.3 is 14.2 Å². The van der Waals surface area contributed by atoms with Crippen molar-refractivity contribution >= 4 is 10.0 Å². The minimum absolute atomic E-state index is 0.0629. The van der Waals surface area contributed by atoms with Crippen LogP contribution >= 0.6 is 0 Å². The van der Waals surface area contributed by atoms with E-state index in [0.29, 0.717) is 17.2 Å². The van der Waals surface area contributed by atoms with Gasteiger partial charge in [0.25, 0.3) is 0 Å². The molecule has 32 heavy (non-hydrogen) atoms. The third kappa shape index (κ3) is 3.37. The van der Waals surface area contributed by atoms with Crippen LogP contribution in [0.5, 0.6) is 17.2 Å². The molecule has 2 aliphatic carbocycles. The van der Waals surface area contributed by atoms with Crippen LogP contribution in [0.1, 0.15) is 62.3 Å². The van der Waals surface area contributed by atoms with Crippen molar-refractivity contribution in [3.63, 3.8) is 0 Å². The molecule has 7 heteroatoms. The molecule has 0 radical (unpaired) electrons. The number of hydrogen-bond donors (Lipinski definition) is 1. The molecule has 0 heterocycles. The second-order valence-electron chi connectivity index (χ2n) is 8.99. The summed E-state index contributed by atoms with van der Waals surface area (Å²) in [6.07, 6.45) is 3.96. The maximum atomic E-state index is 13.0. The zero-order valence-corrected chi connectivity index (χ0v) is 20.3. The van der Waals surface area contributed by atoms with Crippen LogP contribution in [0.2, 0.25) is 0 Å². The molecule has 6 nitrogen and oxygen atoms in total. The fourth-order valence-electron chi connectivity index (χ4n) is 5.76. The highest BCUT2D eigenvalue weighted by atomic mass is 32.2. The summed E-state index contributed by atoms with van der Waals surface area (Å²) >= 11 is 0. The molecule has 0 spiro atoms. The normalized spacial score (nSPS) is 24.7. The third-order valence-corrected chi connectivity index (χ3v) is 9.04. The second-order valence-corrected chi connectivity index (χ2v) is 11.3. The van der Waals surface area contributed by atoms with Gasteiger partial charge in [-0.3, -0.25) is 0 Å². The molecule has 0 aromatic heterocycles. The highest BCUT2D eigenvalue weighted by Crippen LogP contribution is 2.64. The highest BCUT2D eigenvalue weighted by molar-refractivity contribution is 7.90. The molecule has 2 aromatic rings. The average molecular weight is 460 g/mol. The number of methoxy groups -OCH3 is 3. The molecule has 174 valence electrons. The van der Waals surface area contributed by atoms with Crippen LogP contribution in [0, 0.1) is 5.92 Å². The molecule has 1 N–H and O–H groups in total. The molecule has 2 aliphatic rings. The van der Waals surface area contributed by atoms with Crippen LogP contribution < -0.4 is 18.9 Å². The van der Waals surface area contributed by atoms with Crippen LogP contribution in [0.4, 0.5) is 0 Å². The van der Waals surface area contributed by atoms with E-state index in [0.717, 1.165) is 36.8 Å². The molecule has 2 aromatic carbocycles. The van der Waals surface area contributed by atoms with Gasteiger partial charge in [0.2, 0.25) is 15.8 Å². The summed E-state index contributed by atoms with van der Waals surface area (Å²) in [6.45, 7) is 3.41. The van der Waals surface area contributed by atoms with E-state index in [-0.39, 0.29) is 17.4 Å². The maximum Gasteiger partial charge on any atom is 0.214 e. The first-order valence-corrected chi connectivity index (χ1v) is 12.8. The van der Waals surface area contributed by atoms with E-state index in [1.54, 1.807) is 35.2 Å². The monoisotopic (exact) mass is 459 g/mol. The lowest BCUT2D eigenvalue weighted by atomic mass is 9.61. The Morgan fingerprint density at radius 1 is 1.00 bits per heavy atom. The van der Waals surface area contributed by atoms with Crippen molar-refractivity contribution < 1.29 is 22.6 Å². The Morgan fingerprint density at radius 3 is 2.28 bits per heavy atom. The summed E-state index contributed by atoms with van der Waals surface area (Å²) in [6, 6.07) is 12.0. The van der Waals surface area contributed by atoms with Crippen LogP contribution in [0.25, 0.3) is 0 Å². The molecular weight excluding hydrogens is 426 g/mol. The Hall–Kier alpha value is -2.25. The lowest BCUT2D eigenvalue weighted by Crippen LogP contribution is -2.42. The quantitative estimate of drug-likeness (QED) is 0.657. The zero-order chi connectivity index (χ0) is 23.1. The van der Waals surface area contributed by atoms with Crippen LogP contribution in [-0.4, -0.2) is 35.0 Å². The number of benzene rings is 2. The molecule has 3 atom stereocenters. The Morgan fingerprint density at radius 2 is 1.69 bits per heavy atom. The fourth-order valence-corrected chi connectivity index (χ4v) is 6.67. The summed E-state index contributed by atoms with van der Waals surface area (Å²) < 4.78 is 46.5. The summed E-state index contributed by atoms with van der Waals surface area (Å²) in [4.78, 5) is 0. The summed E-state index contributed by atoms with van der Waals surface area (Å²) in [5.41, 5.74) is 2.75. The first kappa shape index (κ1) is 22.9. The number of ether oxygens (including phenoxy) is 3. The minimum atomic E-state index is -3.50. The lowest BCUT2D eigenvalue weighted by molar-refractivity contribution is 0.207. The van der Waals surface area contributed by atoms with Gasteiger partial charge in [-0.2, -0.15) is 0 Å². The zero-order valence-electron chi connectivity index (χ0n) is 19.5. The van der Waals surface area contributed by atoms with E-state index in [1.807, 2.05) is 24.3 Å². The van der Waals surface area contributed by atoms with Gasteiger partial charge in [0, 0.05) is 11.0 Å². The second kappa shape index (κ2) is 8.60. The third-order valence-electron chi connectivity index (χ3n) is 7.21. The van der Waals surface area contributed by atoms with Gasteiger partial charge >= 0.3 is 0 Å². The average Bonchev–Trinajstić information content (AvgIpc) is 3.08. The topological polar surface area (TPSA) is 73.9 Å². The van der Waals surface area contributed by atoms with Crippen molar-refractivity contribution in [3.8, 4) is 17.2 Å². The number of nitrogens with one attached hydrogen (secondary N) is 1. The van der Waals surface area contributed by atoms with Crippen molar-refractivity contribution in [1.29, 1.82) is 0 Å². The van der Waals surface area contributed by atoms with Gasteiger partial charge in [0.15, 0.2) is 11.5 Å². The molecule has 0 amide bonds. The Bertz CT molecular complexity index is 1080. The van der Waals surface area contributed by atoms with Gasteiger partial charge in [0.1, 0.15) is 0 Å². The summed E-state index contributed by atoms with van der Waals surface area (Å²) in [7, 11) is 1.33. The van der Waals surface area contributed by atoms with Gasteiger partial charge in [-0.1, -0.05) is 43.2 Å². The lowest BCUT2D eigenvalue weighted by Gasteiger charge is -2.43. The van der Waals surface area contributed by atoms with Crippen molar-refractivity contribution in [2.75, 3.05) is 21.3 Å². The molecule has 4 rings (SSSR count). The van der Waals surface area contributed by atoms with E-state index in [2.05, 4.69) is 16.9 Å². The number of sulfonamides is 1. The maximum absolute atomic E-state index is 13.0. The Kier molecular flexibility index (Phi) is 6.16. The largest absolute Gasteiger partial charge is 0.493 e. The Labute approximate surface area is 191 Å². The van der Waals surface area contributed by atoms with Gasteiger partial charge in [0.05, 0.1) is 32.6 Å². The van der Waals surface area contributed by atoms with Crippen LogP contribution in [0.3, 0.4) is 0 Å². The van der Waals surface area contributed by atoms with Gasteiger partial charge in [-0.15, -0.1) is 0 Å². The molecule has 0 aliphatic heterocycles. The van der Waals surface area contributed by atoms with Crippen LogP contribution in [0.15, 0.2) is 36.4 Å². The van der Waals surface area contributed by atoms with Crippen molar-refractivity contribution in [2.45, 2.75) is 56.2 Å². The molecule has 0 saturated heterocycles.